The average molecular weight is 190 g/mol. The van der Waals surface area contributed by atoms with Crippen LogP contribution in [0.3, 0.4) is 0 Å². The molecule has 0 amide bonds. The molecular weight excluding hydrogens is 179 g/mol. The first-order chi connectivity index (χ1) is 2.27. The van der Waals surface area contributed by atoms with E-state index in [1.54, 1.807) is 6.92 Å². The van der Waals surface area contributed by atoms with Gasteiger partial charge in [0.1, 0.15) is 0 Å². The number of rotatable bonds is 1. The molecule has 0 aromatic rings. The maximum absolute atomic E-state index is 8.03. The van der Waals surface area contributed by atoms with E-state index in [1.807, 2.05) is 0 Å². The van der Waals surface area contributed by atoms with Crippen LogP contribution in [0.15, 0.2) is 0 Å². The fourth-order valence-corrected chi connectivity index (χ4v) is 0. The molecule has 0 aliphatic rings. The summed E-state index contributed by atoms with van der Waals surface area (Å²) in [7, 11) is 0. The van der Waals surface area contributed by atoms with Gasteiger partial charge in [-0.15, -0.1) is 12.4 Å². The quantitative estimate of drug-likeness (QED) is 0.648. The molecule has 0 aliphatic heterocycles. The summed E-state index contributed by atoms with van der Waals surface area (Å²) in [6.45, 7) is 0.896. The van der Waals surface area contributed by atoms with E-state index in [1.165, 1.54) is 0 Å². The Morgan fingerprint density at radius 2 is 2.00 bits per heavy atom. The molecule has 1 unspecified atom stereocenters. The third-order valence-corrected chi connectivity index (χ3v) is 0.183. The molecule has 0 aromatic heterocycles. The smallest absolute Gasteiger partial charge is 0.0564 e. The van der Waals surface area contributed by atoms with Crippen LogP contribution in [0.1, 0.15) is 14.7 Å². The van der Waals surface area contributed by atoms with Crippen molar-refractivity contribution in [2.45, 2.75) is 13.3 Å². The summed E-state index contributed by atoms with van der Waals surface area (Å²) in [5.74, 6) is 0. The van der Waals surface area contributed by atoms with Crippen molar-refractivity contribution in [2.24, 2.45) is 0 Å². The van der Waals surface area contributed by atoms with Crippen molar-refractivity contribution in [3.63, 3.8) is 0 Å². The minimum Gasteiger partial charge on any atom is -0.396 e. The number of hydrogen-bond acceptors (Lipinski definition) is 1. The molecule has 1 atom stereocenters. The van der Waals surface area contributed by atoms with E-state index in [9.17, 15) is 0 Å². The standard InChI is InChI=1S/C3H8O.ClH.Zr/c1-2-3-4;;/h4H,2-3H2,1H3;1H;/i3T;;. The van der Waals surface area contributed by atoms with Gasteiger partial charge in [0.05, 0.1) is 1.37 Å². The Kier molecular flexibility index (Phi) is 27.9. The van der Waals surface area contributed by atoms with Gasteiger partial charge in [0.25, 0.3) is 0 Å². The van der Waals surface area contributed by atoms with Crippen molar-refractivity contribution in [3.05, 3.63) is 0 Å². The number of aliphatic hydroxyl groups excluding tert-OH is 1. The molecule has 0 aromatic carbocycles. The minimum absolute atomic E-state index is 0. The fourth-order valence-electron chi connectivity index (χ4n) is 0. The Bertz CT molecular complexity index is 28.9. The van der Waals surface area contributed by atoms with Gasteiger partial charge in [-0.3, -0.25) is 0 Å². The molecule has 3 heteroatoms. The fraction of sp³-hybridized carbons (Fsp3) is 1.00. The zero-order valence-corrected chi connectivity index (χ0v) is 6.91. The summed E-state index contributed by atoms with van der Waals surface area (Å²) in [4.78, 5) is 0. The van der Waals surface area contributed by atoms with Crippen molar-refractivity contribution in [3.8, 4) is 0 Å². The first kappa shape index (κ1) is 10.2. The molecule has 0 saturated heterocycles. The van der Waals surface area contributed by atoms with Crippen LogP contribution >= 0.6 is 12.4 Å². The molecule has 0 rings (SSSR count). The number of halogens is 1. The Labute approximate surface area is 65.1 Å². The SMILES string of the molecule is Cl.[3H]C(O)CC.[Zr]. The Hall–Kier alpha value is 1.13. The van der Waals surface area contributed by atoms with Crippen LogP contribution < -0.4 is 0 Å². The van der Waals surface area contributed by atoms with E-state index >= 15 is 0 Å². The zero-order chi connectivity index (χ0) is 4.28. The van der Waals surface area contributed by atoms with Crippen LogP contribution in [0.25, 0.3) is 0 Å². The second-order valence-electron chi connectivity index (χ2n) is 0.591. The number of hydrogen-bond donors (Lipinski definition) is 1. The van der Waals surface area contributed by atoms with Crippen LogP contribution in [0.2, 0.25) is 0 Å². The van der Waals surface area contributed by atoms with E-state index in [0.29, 0.717) is 6.42 Å². The molecule has 0 heterocycles. The zero-order valence-electron chi connectivity index (χ0n) is 4.64. The average Bonchev–Trinajstić information content (AvgIpc) is 1.38. The molecule has 0 aliphatic carbocycles. The summed E-state index contributed by atoms with van der Waals surface area (Å²) >= 11 is 0. The predicted octanol–water partition coefficient (Wildman–Crippen LogP) is 0.808. The van der Waals surface area contributed by atoms with Crippen molar-refractivity contribution in [2.75, 3.05) is 6.58 Å². The molecule has 0 fully saturated rings. The van der Waals surface area contributed by atoms with Crippen molar-refractivity contribution >= 4 is 12.4 Å². The first-order valence-corrected chi connectivity index (χ1v) is 1.37. The van der Waals surface area contributed by atoms with Gasteiger partial charge in [-0.25, -0.2) is 0 Å². The third-order valence-electron chi connectivity index (χ3n) is 0.183. The third kappa shape index (κ3) is 19.3. The van der Waals surface area contributed by atoms with Crippen LogP contribution in [0.4, 0.5) is 0 Å². The first-order valence-electron chi connectivity index (χ1n) is 1.95. The Morgan fingerprint density at radius 1 is 1.83 bits per heavy atom. The van der Waals surface area contributed by atoms with E-state index in [0.717, 1.165) is 0 Å². The normalized spacial score (nSPS) is 12.7. The van der Waals surface area contributed by atoms with E-state index in [4.69, 9.17) is 6.48 Å². The largest absolute Gasteiger partial charge is 0.396 e. The van der Waals surface area contributed by atoms with Crippen LogP contribution in [0.5, 0.6) is 0 Å². The van der Waals surface area contributed by atoms with E-state index < -0.39 is 6.58 Å². The predicted molar refractivity (Wildman–Crippen MR) is 24.6 cm³/mol. The second-order valence-corrected chi connectivity index (χ2v) is 0.591. The van der Waals surface area contributed by atoms with Crippen LogP contribution in [-0.2, 0) is 26.2 Å². The van der Waals surface area contributed by atoms with Gasteiger partial charge >= 0.3 is 0 Å². The summed E-state index contributed by atoms with van der Waals surface area (Å²) < 4.78 is 6.38. The molecule has 6 heavy (non-hydrogen) atoms. The molecular formula is C3H9ClOZr. The maximum Gasteiger partial charge on any atom is 0.0564 e. The molecule has 0 radical (unpaired) electrons. The van der Waals surface area contributed by atoms with E-state index in [-0.39, 0.29) is 38.6 Å². The Morgan fingerprint density at radius 3 is 2.00 bits per heavy atom. The van der Waals surface area contributed by atoms with Crippen molar-refractivity contribution in [1.82, 2.24) is 0 Å². The van der Waals surface area contributed by atoms with E-state index in [2.05, 4.69) is 0 Å². The summed E-state index contributed by atoms with van der Waals surface area (Å²) in [6.07, 6.45) is 0.528. The van der Waals surface area contributed by atoms with Gasteiger partial charge in [-0.05, 0) is 6.42 Å². The molecule has 38 valence electrons. The summed E-state index contributed by atoms with van der Waals surface area (Å²) in [6, 6.07) is 0. The van der Waals surface area contributed by atoms with Crippen molar-refractivity contribution in [1.29, 1.82) is 0 Å². The van der Waals surface area contributed by atoms with Crippen molar-refractivity contribution < 1.29 is 32.7 Å². The summed E-state index contributed by atoms with van der Waals surface area (Å²) in [5.41, 5.74) is 0. The summed E-state index contributed by atoms with van der Waals surface area (Å²) in [5, 5.41) is 8.03. The molecule has 1 N–H and O–H groups in total. The molecule has 0 saturated carbocycles. The maximum atomic E-state index is 8.03. The van der Waals surface area contributed by atoms with Gasteiger partial charge < -0.3 is 5.11 Å². The van der Waals surface area contributed by atoms with Crippen LogP contribution in [-0.4, -0.2) is 11.7 Å². The molecule has 0 bridgehead atoms. The topological polar surface area (TPSA) is 20.2 Å². The van der Waals surface area contributed by atoms with Gasteiger partial charge in [0, 0.05) is 32.8 Å². The molecule has 0 spiro atoms. The van der Waals surface area contributed by atoms with Crippen LogP contribution in [0, 0.1) is 0 Å². The Balaban J connectivity index is -0.0000000800. The van der Waals surface area contributed by atoms with Gasteiger partial charge in [-0.2, -0.15) is 0 Å². The second kappa shape index (κ2) is 16.5. The van der Waals surface area contributed by atoms with Gasteiger partial charge in [0.2, 0.25) is 0 Å². The van der Waals surface area contributed by atoms with Gasteiger partial charge in [-0.1, -0.05) is 6.92 Å². The number of aliphatic hydroxyl groups is 1. The van der Waals surface area contributed by atoms with Gasteiger partial charge in [0.15, 0.2) is 0 Å². The monoisotopic (exact) mass is 188 g/mol. The minimum atomic E-state index is -0.866. The molecule has 1 nitrogen and oxygen atoms in total.